The fourth-order valence-electron chi connectivity index (χ4n) is 4.68. The smallest absolute Gasteiger partial charge is 0.325 e. The van der Waals surface area contributed by atoms with Crippen LogP contribution in [0.15, 0.2) is 66.9 Å². The number of carbonyl (C=O) groups is 1. The molecule has 6 heteroatoms. The van der Waals surface area contributed by atoms with E-state index < -0.39 is 12.0 Å². The molecule has 0 bridgehead atoms. The molecule has 1 unspecified atom stereocenters. The van der Waals surface area contributed by atoms with Gasteiger partial charge in [0.25, 0.3) is 0 Å². The molecule has 0 aliphatic carbocycles. The van der Waals surface area contributed by atoms with Crippen LogP contribution in [-0.4, -0.2) is 52.0 Å². The van der Waals surface area contributed by atoms with E-state index in [1.54, 1.807) is 0 Å². The minimum absolute atomic E-state index is 0.609. The normalized spacial score (nSPS) is 16.7. The maximum Gasteiger partial charge on any atom is 0.325 e. The Morgan fingerprint density at radius 3 is 2.58 bits per heavy atom. The third kappa shape index (κ3) is 3.92. The second kappa shape index (κ2) is 8.35. The minimum atomic E-state index is -0.830. The van der Waals surface area contributed by atoms with Crippen molar-refractivity contribution in [1.82, 2.24) is 14.8 Å². The zero-order chi connectivity index (χ0) is 21.4. The number of aliphatic carboxylic acids is 1. The van der Waals surface area contributed by atoms with Gasteiger partial charge in [0.1, 0.15) is 6.04 Å². The summed E-state index contributed by atoms with van der Waals surface area (Å²) in [6.07, 6.45) is 1.81. The van der Waals surface area contributed by atoms with Crippen molar-refractivity contribution in [3.05, 3.63) is 83.0 Å². The van der Waals surface area contributed by atoms with Crippen LogP contribution < -0.4 is 0 Å². The predicted octanol–water partition coefficient (Wildman–Crippen LogP) is 4.92. The quantitative estimate of drug-likeness (QED) is 0.469. The van der Waals surface area contributed by atoms with Crippen LogP contribution in [0.2, 0.25) is 5.02 Å². The average molecular weight is 434 g/mol. The number of H-pyrrole nitrogens is 1. The summed E-state index contributed by atoms with van der Waals surface area (Å²) in [7, 11) is 0. The standard InChI is InChI=1S/C25H24ClN3O2/c26-19-8-9-23-21(14-19)22(15-27-23)24(25(30)31)29-12-10-28(11-13-29)16-18-6-3-5-17-4-1-2-7-20(17)18/h1-9,14-15,24,27H,10-13,16H2,(H,30,31). The molecular weight excluding hydrogens is 410 g/mol. The lowest BCUT2D eigenvalue weighted by atomic mass is 10.0. The highest BCUT2D eigenvalue weighted by Crippen LogP contribution is 2.31. The van der Waals surface area contributed by atoms with E-state index in [9.17, 15) is 9.90 Å². The van der Waals surface area contributed by atoms with E-state index in [1.807, 2.05) is 24.4 Å². The molecule has 31 heavy (non-hydrogen) atoms. The fraction of sp³-hybridized carbons (Fsp3) is 0.240. The van der Waals surface area contributed by atoms with Crippen LogP contribution in [-0.2, 0) is 11.3 Å². The lowest BCUT2D eigenvalue weighted by Crippen LogP contribution is -2.48. The summed E-state index contributed by atoms with van der Waals surface area (Å²) in [5, 5.41) is 14.1. The molecule has 0 spiro atoms. The molecule has 1 aliphatic rings. The first-order valence-electron chi connectivity index (χ1n) is 10.5. The number of fused-ring (bicyclic) bond motifs is 2. The number of aromatic amines is 1. The van der Waals surface area contributed by atoms with Crippen molar-refractivity contribution in [3.8, 4) is 0 Å². The van der Waals surface area contributed by atoms with Gasteiger partial charge in [-0.05, 0) is 34.5 Å². The number of nitrogens with zero attached hydrogens (tertiary/aromatic N) is 2. The number of benzene rings is 3. The van der Waals surface area contributed by atoms with Gasteiger partial charge in [0.15, 0.2) is 0 Å². The number of carboxylic acid groups (broad SMARTS) is 1. The Hall–Kier alpha value is -2.86. The summed E-state index contributed by atoms with van der Waals surface area (Å²) in [6.45, 7) is 3.94. The van der Waals surface area contributed by atoms with Crippen LogP contribution in [0.4, 0.5) is 0 Å². The topological polar surface area (TPSA) is 59.6 Å². The maximum atomic E-state index is 12.2. The van der Waals surface area contributed by atoms with Gasteiger partial charge in [0, 0.05) is 60.4 Å². The molecule has 5 rings (SSSR count). The summed E-state index contributed by atoms with van der Waals surface area (Å²) in [6, 6.07) is 19.7. The van der Waals surface area contributed by atoms with Crippen LogP contribution in [0, 0.1) is 0 Å². The average Bonchev–Trinajstić information content (AvgIpc) is 3.18. The largest absolute Gasteiger partial charge is 0.480 e. The Balaban J connectivity index is 1.33. The molecule has 5 nitrogen and oxygen atoms in total. The highest BCUT2D eigenvalue weighted by Gasteiger charge is 2.32. The molecule has 3 aromatic carbocycles. The minimum Gasteiger partial charge on any atom is -0.480 e. The summed E-state index contributed by atoms with van der Waals surface area (Å²) < 4.78 is 0. The van der Waals surface area contributed by atoms with Crippen LogP contribution in [0.1, 0.15) is 17.2 Å². The third-order valence-corrected chi connectivity index (χ3v) is 6.49. The Labute approximate surface area is 185 Å². The molecule has 1 aliphatic heterocycles. The lowest BCUT2D eigenvalue weighted by molar-refractivity contribution is -0.144. The van der Waals surface area contributed by atoms with Crippen LogP contribution in [0.5, 0.6) is 0 Å². The number of halogens is 1. The van der Waals surface area contributed by atoms with Crippen molar-refractivity contribution < 1.29 is 9.90 Å². The molecule has 0 amide bonds. The Bertz CT molecular complexity index is 1240. The first-order valence-corrected chi connectivity index (χ1v) is 10.9. The zero-order valence-corrected chi connectivity index (χ0v) is 17.8. The van der Waals surface area contributed by atoms with E-state index in [0.717, 1.165) is 36.1 Å². The van der Waals surface area contributed by atoms with Gasteiger partial charge in [0.2, 0.25) is 0 Å². The Morgan fingerprint density at radius 2 is 1.77 bits per heavy atom. The van der Waals surface area contributed by atoms with E-state index in [4.69, 9.17) is 11.6 Å². The fourth-order valence-corrected chi connectivity index (χ4v) is 4.85. The highest BCUT2D eigenvalue weighted by molar-refractivity contribution is 6.31. The second-order valence-electron chi connectivity index (χ2n) is 8.13. The van der Waals surface area contributed by atoms with Gasteiger partial charge in [-0.3, -0.25) is 14.6 Å². The van der Waals surface area contributed by atoms with Crippen molar-refractivity contribution in [2.45, 2.75) is 12.6 Å². The molecule has 1 atom stereocenters. The van der Waals surface area contributed by atoms with Crippen molar-refractivity contribution in [3.63, 3.8) is 0 Å². The molecule has 4 aromatic rings. The molecule has 1 aromatic heterocycles. The molecule has 0 saturated carbocycles. The SMILES string of the molecule is O=C(O)C(c1c[nH]c2ccc(Cl)cc12)N1CCN(Cc2cccc3ccccc23)CC1. The van der Waals surface area contributed by atoms with Crippen LogP contribution >= 0.6 is 11.6 Å². The van der Waals surface area contributed by atoms with E-state index in [-0.39, 0.29) is 0 Å². The van der Waals surface area contributed by atoms with Crippen LogP contribution in [0.25, 0.3) is 21.7 Å². The molecule has 2 N–H and O–H groups in total. The number of nitrogens with one attached hydrogen (secondary N) is 1. The van der Waals surface area contributed by atoms with Crippen molar-refractivity contribution >= 4 is 39.2 Å². The van der Waals surface area contributed by atoms with Gasteiger partial charge in [-0.15, -0.1) is 0 Å². The monoisotopic (exact) mass is 433 g/mol. The van der Waals surface area contributed by atoms with Gasteiger partial charge in [-0.25, -0.2) is 0 Å². The number of rotatable bonds is 5. The molecule has 0 radical (unpaired) electrons. The first kappa shape index (κ1) is 20.1. The van der Waals surface area contributed by atoms with Gasteiger partial charge >= 0.3 is 5.97 Å². The second-order valence-corrected chi connectivity index (χ2v) is 8.56. The molecular formula is C25H24ClN3O2. The summed E-state index contributed by atoms with van der Waals surface area (Å²) >= 11 is 6.17. The van der Waals surface area contributed by atoms with E-state index in [0.29, 0.717) is 18.1 Å². The summed E-state index contributed by atoms with van der Waals surface area (Å²) in [4.78, 5) is 19.9. The summed E-state index contributed by atoms with van der Waals surface area (Å²) in [5.74, 6) is -0.830. The Morgan fingerprint density at radius 1 is 1.00 bits per heavy atom. The molecule has 2 heterocycles. The van der Waals surface area contributed by atoms with Crippen molar-refractivity contribution in [2.75, 3.05) is 26.2 Å². The van der Waals surface area contributed by atoms with Gasteiger partial charge < -0.3 is 10.1 Å². The van der Waals surface area contributed by atoms with E-state index in [1.165, 1.54) is 16.3 Å². The van der Waals surface area contributed by atoms with Gasteiger partial charge in [-0.2, -0.15) is 0 Å². The Kier molecular flexibility index (Phi) is 5.40. The molecule has 1 fully saturated rings. The predicted molar refractivity (Wildman–Crippen MR) is 124 cm³/mol. The highest BCUT2D eigenvalue weighted by atomic mass is 35.5. The molecule has 1 saturated heterocycles. The molecule has 158 valence electrons. The number of piperazine rings is 1. The number of aromatic nitrogens is 1. The third-order valence-electron chi connectivity index (χ3n) is 6.25. The number of hydrogen-bond acceptors (Lipinski definition) is 3. The zero-order valence-electron chi connectivity index (χ0n) is 17.1. The van der Waals surface area contributed by atoms with Crippen molar-refractivity contribution in [1.29, 1.82) is 0 Å². The first-order chi connectivity index (χ1) is 15.1. The summed E-state index contributed by atoms with van der Waals surface area (Å²) in [5.41, 5.74) is 2.99. The van der Waals surface area contributed by atoms with E-state index >= 15 is 0 Å². The van der Waals surface area contributed by atoms with Crippen molar-refractivity contribution in [2.24, 2.45) is 0 Å². The number of carboxylic acids is 1. The maximum absolute atomic E-state index is 12.2. The van der Waals surface area contributed by atoms with E-state index in [2.05, 4.69) is 57.2 Å². The van der Waals surface area contributed by atoms with Crippen LogP contribution in [0.3, 0.4) is 0 Å². The lowest BCUT2D eigenvalue weighted by Gasteiger charge is -2.37. The number of hydrogen-bond donors (Lipinski definition) is 2. The van der Waals surface area contributed by atoms with Gasteiger partial charge in [-0.1, -0.05) is 54.1 Å². The van der Waals surface area contributed by atoms with Gasteiger partial charge in [0.05, 0.1) is 0 Å².